The van der Waals surface area contributed by atoms with Crippen LogP contribution < -0.4 is 0 Å². The molecule has 1 aromatic carbocycles. The summed E-state index contributed by atoms with van der Waals surface area (Å²) in [5.41, 5.74) is 1.20. The monoisotopic (exact) mass is 273 g/mol. The molecule has 0 bridgehead atoms. The minimum atomic E-state index is -2.45. The van der Waals surface area contributed by atoms with Crippen LogP contribution in [0.5, 0.6) is 0 Å². The molecule has 0 aromatic heterocycles. The van der Waals surface area contributed by atoms with E-state index in [1.54, 1.807) is 31.4 Å². The molecule has 0 radical (unpaired) electrons. The minimum absolute atomic E-state index is 0.0443. The van der Waals surface area contributed by atoms with Crippen LogP contribution in [0.1, 0.15) is 45.2 Å². The summed E-state index contributed by atoms with van der Waals surface area (Å²) in [5.74, 6) is 0.833. The van der Waals surface area contributed by atoms with Crippen molar-refractivity contribution in [3.05, 3.63) is 35.4 Å². The van der Waals surface area contributed by atoms with E-state index in [1.807, 2.05) is 0 Å². The largest absolute Gasteiger partial charge is 0.264 e. The highest BCUT2D eigenvalue weighted by Crippen LogP contribution is 2.23. The van der Waals surface area contributed by atoms with E-state index in [0.717, 1.165) is 5.92 Å². The first-order valence-electron chi connectivity index (χ1n) is 5.85. The molecule has 4 heteroatoms. The maximum absolute atomic E-state index is 12.6. The van der Waals surface area contributed by atoms with E-state index in [-0.39, 0.29) is 5.56 Å². The summed E-state index contributed by atoms with van der Waals surface area (Å²) in [6.07, 6.45) is -0.646. The number of nitrogens with zero attached hydrogens (tertiary/aromatic N) is 1. The number of halogens is 2. The topological polar surface area (TPSA) is 12.4 Å². The first-order valence-corrected chi connectivity index (χ1v) is 7.03. The summed E-state index contributed by atoms with van der Waals surface area (Å²) in [6.45, 7) is 8.23. The zero-order valence-corrected chi connectivity index (χ0v) is 12.4. The van der Waals surface area contributed by atoms with Gasteiger partial charge in [0.15, 0.2) is 0 Å². The van der Waals surface area contributed by atoms with Gasteiger partial charge in [-0.2, -0.15) is 0 Å². The van der Waals surface area contributed by atoms with Gasteiger partial charge in [0.1, 0.15) is 0 Å². The lowest BCUT2D eigenvalue weighted by Crippen LogP contribution is -2.00. The number of benzene rings is 1. The zero-order chi connectivity index (χ0) is 14.1. The molecule has 0 aliphatic heterocycles. The molecule has 0 spiro atoms. The molecule has 1 rings (SSSR count). The molecular formula is C14H21F2NS. The Hall–Kier alpha value is -0.900. The first kappa shape index (κ1) is 17.1. The van der Waals surface area contributed by atoms with E-state index >= 15 is 0 Å². The van der Waals surface area contributed by atoms with Crippen LogP contribution in [0.2, 0.25) is 0 Å². The quantitative estimate of drug-likeness (QED) is 0.532. The highest BCUT2D eigenvalue weighted by molar-refractivity contribution is 7.97. The average molecular weight is 273 g/mol. The van der Waals surface area contributed by atoms with Gasteiger partial charge < -0.3 is 0 Å². The average Bonchev–Trinajstić information content (AvgIpc) is 2.28. The van der Waals surface area contributed by atoms with Gasteiger partial charge >= 0.3 is 0 Å². The Balaban J connectivity index is 0.000000631. The van der Waals surface area contributed by atoms with Crippen LogP contribution in [-0.4, -0.2) is 12.0 Å². The summed E-state index contributed by atoms with van der Waals surface area (Å²) >= 11 is 1.27. The second kappa shape index (κ2) is 9.09. The highest BCUT2D eigenvalue weighted by Gasteiger charge is 2.13. The van der Waals surface area contributed by atoms with Crippen molar-refractivity contribution in [3.63, 3.8) is 0 Å². The second-order valence-electron chi connectivity index (χ2n) is 4.48. The third-order valence-corrected chi connectivity index (χ3v) is 2.27. The Morgan fingerprint density at radius 3 is 2.11 bits per heavy atom. The van der Waals surface area contributed by atoms with Crippen LogP contribution in [0, 0.1) is 5.92 Å². The lowest BCUT2D eigenvalue weighted by molar-refractivity contribution is 0.151. The van der Waals surface area contributed by atoms with Crippen molar-refractivity contribution in [2.24, 2.45) is 10.3 Å². The fourth-order valence-electron chi connectivity index (χ4n) is 1.20. The van der Waals surface area contributed by atoms with Crippen molar-refractivity contribution < 1.29 is 8.78 Å². The van der Waals surface area contributed by atoms with E-state index in [1.165, 1.54) is 18.0 Å². The minimum Gasteiger partial charge on any atom is -0.221 e. The molecule has 0 amide bonds. The van der Waals surface area contributed by atoms with E-state index in [9.17, 15) is 8.78 Å². The molecule has 0 saturated carbocycles. The van der Waals surface area contributed by atoms with Crippen molar-refractivity contribution in [3.8, 4) is 0 Å². The summed E-state index contributed by atoms with van der Waals surface area (Å²) in [4.78, 5) is 0. The maximum Gasteiger partial charge on any atom is 0.264 e. The third kappa shape index (κ3) is 6.74. The molecule has 0 saturated heterocycles. The molecule has 0 fully saturated rings. The molecule has 0 unspecified atom stereocenters. The molecule has 0 aliphatic carbocycles. The van der Waals surface area contributed by atoms with E-state index in [0.29, 0.717) is 11.3 Å². The number of alkyl halides is 2. The molecule has 102 valence electrons. The standard InChI is InChI=1S/C10H11F2NS.C4H10/c1-7(13-14-2)8-5-3-4-6-9(8)10(11)12;1-4(2)3/h3-6,10H,1-2H3;4H,1-3H3/b13-7+;. The lowest BCUT2D eigenvalue weighted by atomic mass is 10.0. The van der Waals surface area contributed by atoms with Gasteiger partial charge in [0.25, 0.3) is 6.43 Å². The van der Waals surface area contributed by atoms with Gasteiger partial charge in [0.05, 0.1) is 5.71 Å². The summed E-state index contributed by atoms with van der Waals surface area (Å²) in [5, 5.41) is 0. The molecule has 0 heterocycles. The van der Waals surface area contributed by atoms with Crippen molar-refractivity contribution in [1.82, 2.24) is 0 Å². The van der Waals surface area contributed by atoms with Gasteiger partial charge in [-0.1, -0.05) is 45.0 Å². The van der Waals surface area contributed by atoms with Gasteiger partial charge in [0, 0.05) is 17.4 Å². The molecule has 1 nitrogen and oxygen atoms in total. The van der Waals surface area contributed by atoms with Gasteiger partial charge in [-0.05, 0) is 24.8 Å². The third-order valence-electron chi connectivity index (χ3n) is 1.81. The molecule has 1 aromatic rings. The fourth-order valence-corrected chi connectivity index (χ4v) is 1.58. The van der Waals surface area contributed by atoms with Crippen LogP contribution in [0.25, 0.3) is 0 Å². The SMILES string of the molecule is CC(C)C.CS/N=C(\C)c1ccccc1C(F)F. The van der Waals surface area contributed by atoms with Gasteiger partial charge in [-0.15, -0.1) is 0 Å². The maximum atomic E-state index is 12.6. The van der Waals surface area contributed by atoms with Crippen LogP contribution >= 0.6 is 11.9 Å². The summed E-state index contributed by atoms with van der Waals surface area (Å²) < 4.78 is 29.2. The van der Waals surface area contributed by atoms with E-state index in [2.05, 4.69) is 25.2 Å². The molecular weight excluding hydrogens is 252 g/mol. The molecule has 0 atom stereocenters. The van der Waals surface area contributed by atoms with Crippen LogP contribution in [-0.2, 0) is 0 Å². The van der Waals surface area contributed by atoms with Crippen molar-refractivity contribution >= 4 is 17.7 Å². The lowest BCUT2D eigenvalue weighted by Gasteiger charge is -2.07. The summed E-state index contributed by atoms with van der Waals surface area (Å²) in [7, 11) is 0. The predicted molar refractivity (Wildman–Crippen MR) is 77.6 cm³/mol. The van der Waals surface area contributed by atoms with Crippen LogP contribution in [0.4, 0.5) is 8.78 Å². The van der Waals surface area contributed by atoms with Crippen LogP contribution in [0.15, 0.2) is 28.7 Å². The van der Waals surface area contributed by atoms with Gasteiger partial charge in [-0.25, -0.2) is 13.2 Å². The smallest absolute Gasteiger partial charge is 0.221 e. The van der Waals surface area contributed by atoms with Crippen molar-refractivity contribution in [1.29, 1.82) is 0 Å². The van der Waals surface area contributed by atoms with Gasteiger partial charge in [0.2, 0.25) is 0 Å². The molecule has 0 aliphatic rings. The first-order chi connectivity index (χ1) is 8.40. The Morgan fingerprint density at radius 2 is 1.67 bits per heavy atom. The Labute approximate surface area is 113 Å². The van der Waals surface area contributed by atoms with Crippen molar-refractivity contribution in [2.45, 2.75) is 34.1 Å². The Bertz CT molecular complexity index is 373. The normalized spacial score (nSPS) is 11.5. The highest BCUT2D eigenvalue weighted by atomic mass is 32.2. The van der Waals surface area contributed by atoms with Crippen molar-refractivity contribution in [2.75, 3.05) is 6.26 Å². The second-order valence-corrected chi connectivity index (χ2v) is 5.03. The van der Waals surface area contributed by atoms with Crippen LogP contribution in [0.3, 0.4) is 0 Å². The number of hydrogen-bond donors (Lipinski definition) is 0. The zero-order valence-electron chi connectivity index (χ0n) is 11.6. The number of rotatable bonds is 3. The summed E-state index contributed by atoms with van der Waals surface area (Å²) in [6, 6.07) is 6.44. The van der Waals surface area contributed by atoms with E-state index in [4.69, 9.17) is 0 Å². The Kier molecular flexibility index (Phi) is 8.63. The Morgan fingerprint density at radius 1 is 1.17 bits per heavy atom. The molecule has 18 heavy (non-hydrogen) atoms. The molecule has 0 N–H and O–H groups in total. The fraction of sp³-hybridized carbons (Fsp3) is 0.500. The van der Waals surface area contributed by atoms with E-state index < -0.39 is 6.43 Å². The van der Waals surface area contributed by atoms with Gasteiger partial charge in [-0.3, -0.25) is 0 Å². The number of hydrogen-bond acceptors (Lipinski definition) is 2. The predicted octanol–water partition coefficient (Wildman–Crippen LogP) is 5.37.